The summed E-state index contributed by atoms with van der Waals surface area (Å²) < 4.78 is 5.47. The van der Waals surface area contributed by atoms with E-state index in [0.717, 1.165) is 16.9 Å². The van der Waals surface area contributed by atoms with Crippen LogP contribution in [0, 0.1) is 0 Å². The second kappa shape index (κ2) is 3.67. The lowest BCUT2D eigenvalue weighted by atomic mass is 9.93. The lowest BCUT2D eigenvalue weighted by Crippen LogP contribution is -2.11. The standard InChI is InChI=1S/C13H16N2O/c1-13(2,3)11-8-16-12(15-11)9-4-6-10(14)7-5-9/h4-8H,14H2,1-3H3. The highest BCUT2D eigenvalue weighted by atomic mass is 16.3. The first kappa shape index (κ1) is 10.7. The molecule has 0 unspecified atom stereocenters. The van der Waals surface area contributed by atoms with Gasteiger partial charge in [-0.2, -0.15) is 0 Å². The predicted octanol–water partition coefficient (Wildman–Crippen LogP) is 3.22. The topological polar surface area (TPSA) is 52.0 Å². The summed E-state index contributed by atoms with van der Waals surface area (Å²) in [5, 5.41) is 0. The normalized spacial score (nSPS) is 11.7. The van der Waals surface area contributed by atoms with Crippen molar-refractivity contribution in [3.05, 3.63) is 36.2 Å². The second-order valence-corrected chi connectivity index (χ2v) is 4.91. The van der Waals surface area contributed by atoms with E-state index < -0.39 is 0 Å². The Kier molecular flexibility index (Phi) is 2.46. The van der Waals surface area contributed by atoms with Crippen LogP contribution >= 0.6 is 0 Å². The van der Waals surface area contributed by atoms with Gasteiger partial charge < -0.3 is 10.2 Å². The van der Waals surface area contributed by atoms with Gasteiger partial charge in [0.25, 0.3) is 0 Å². The molecule has 3 heteroatoms. The van der Waals surface area contributed by atoms with Crippen molar-refractivity contribution in [2.75, 3.05) is 5.73 Å². The highest BCUT2D eigenvalue weighted by Crippen LogP contribution is 2.26. The van der Waals surface area contributed by atoms with Crippen LogP contribution in [0.15, 0.2) is 34.9 Å². The second-order valence-electron chi connectivity index (χ2n) is 4.91. The molecule has 0 atom stereocenters. The van der Waals surface area contributed by atoms with Gasteiger partial charge >= 0.3 is 0 Å². The zero-order valence-electron chi connectivity index (χ0n) is 9.82. The van der Waals surface area contributed by atoms with E-state index in [9.17, 15) is 0 Å². The van der Waals surface area contributed by atoms with Crippen molar-refractivity contribution >= 4 is 5.69 Å². The van der Waals surface area contributed by atoms with Crippen molar-refractivity contribution in [1.29, 1.82) is 0 Å². The Morgan fingerprint density at radius 2 is 1.75 bits per heavy atom. The Labute approximate surface area is 95.3 Å². The van der Waals surface area contributed by atoms with Gasteiger partial charge in [-0.3, -0.25) is 0 Å². The van der Waals surface area contributed by atoms with E-state index in [1.807, 2.05) is 24.3 Å². The Morgan fingerprint density at radius 3 is 2.25 bits per heavy atom. The zero-order chi connectivity index (χ0) is 11.8. The zero-order valence-corrected chi connectivity index (χ0v) is 9.82. The molecule has 0 fully saturated rings. The van der Waals surface area contributed by atoms with Gasteiger partial charge in [-0.15, -0.1) is 0 Å². The molecule has 0 amide bonds. The maximum Gasteiger partial charge on any atom is 0.226 e. The first-order valence-electron chi connectivity index (χ1n) is 5.29. The van der Waals surface area contributed by atoms with Gasteiger partial charge in [0, 0.05) is 16.7 Å². The van der Waals surface area contributed by atoms with Crippen LogP contribution in [0.3, 0.4) is 0 Å². The lowest BCUT2D eigenvalue weighted by Gasteiger charge is -2.12. The number of oxazole rings is 1. The largest absolute Gasteiger partial charge is 0.444 e. The van der Waals surface area contributed by atoms with Gasteiger partial charge in [0.1, 0.15) is 6.26 Å². The SMILES string of the molecule is CC(C)(C)c1coc(-c2ccc(N)cc2)n1. The summed E-state index contributed by atoms with van der Waals surface area (Å²) in [6.45, 7) is 6.33. The number of nitrogens with zero attached hydrogens (tertiary/aromatic N) is 1. The summed E-state index contributed by atoms with van der Waals surface area (Å²) in [5.74, 6) is 0.643. The van der Waals surface area contributed by atoms with Crippen LogP contribution in [0.25, 0.3) is 11.5 Å². The van der Waals surface area contributed by atoms with Gasteiger partial charge in [-0.25, -0.2) is 4.98 Å². The van der Waals surface area contributed by atoms with Crippen molar-refractivity contribution in [1.82, 2.24) is 4.98 Å². The fourth-order valence-corrected chi connectivity index (χ4v) is 1.38. The highest BCUT2D eigenvalue weighted by molar-refractivity contribution is 5.57. The smallest absolute Gasteiger partial charge is 0.226 e. The molecule has 0 aliphatic carbocycles. The molecule has 84 valence electrons. The van der Waals surface area contributed by atoms with Crippen molar-refractivity contribution < 1.29 is 4.42 Å². The number of rotatable bonds is 1. The van der Waals surface area contributed by atoms with E-state index in [1.165, 1.54) is 0 Å². The molecule has 0 radical (unpaired) electrons. The third-order valence-corrected chi connectivity index (χ3v) is 2.43. The molecular formula is C13H16N2O. The van der Waals surface area contributed by atoms with Gasteiger partial charge in [0.15, 0.2) is 0 Å². The van der Waals surface area contributed by atoms with E-state index in [0.29, 0.717) is 5.89 Å². The molecule has 1 aromatic carbocycles. The molecule has 2 aromatic rings. The first-order chi connectivity index (χ1) is 7.47. The summed E-state index contributed by atoms with van der Waals surface area (Å²) >= 11 is 0. The number of hydrogen-bond acceptors (Lipinski definition) is 3. The highest BCUT2D eigenvalue weighted by Gasteiger charge is 2.18. The summed E-state index contributed by atoms with van der Waals surface area (Å²) in [6.07, 6.45) is 1.71. The number of aromatic nitrogens is 1. The average Bonchev–Trinajstić information content (AvgIpc) is 2.67. The molecular weight excluding hydrogens is 200 g/mol. The van der Waals surface area contributed by atoms with Crippen molar-refractivity contribution in [3.8, 4) is 11.5 Å². The third-order valence-electron chi connectivity index (χ3n) is 2.43. The fraction of sp³-hybridized carbons (Fsp3) is 0.308. The molecule has 0 spiro atoms. The Hall–Kier alpha value is -1.77. The van der Waals surface area contributed by atoms with Crippen molar-refractivity contribution in [3.63, 3.8) is 0 Å². The molecule has 0 aliphatic heterocycles. The van der Waals surface area contributed by atoms with E-state index >= 15 is 0 Å². The maximum absolute atomic E-state index is 5.63. The van der Waals surface area contributed by atoms with Crippen molar-refractivity contribution in [2.24, 2.45) is 0 Å². The van der Waals surface area contributed by atoms with Crippen LogP contribution in [0.2, 0.25) is 0 Å². The molecule has 1 heterocycles. The fourth-order valence-electron chi connectivity index (χ4n) is 1.38. The molecule has 2 rings (SSSR count). The summed E-state index contributed by atoms with van der Waals surface area (Å²) in [6, 6.07) is 7.51. The van der Waals surface area contributed by atoms with Crippen molar-refractivity contribution in [2.45, 2.75) is 26.2 Å². The number of hydrogen-bond donors (Lipinski definition) is 1. The van der Waals surface area contributed by atoms with Crippen LogP contribution in [0.5, 0.6) is 0 Å². The minimum Gasteiger partial charge on any atom is -0.444 e. The van der Waals surface area contributed by atoms with Crippen LogP contribution in [-0.4, -0.2) is 4.98 Å². The third kappa shape index (κ3) is 2.08. The quantitative estimate of drug-likeness (QED) is 0.744. The number of benzene rings is 1. The van der Waals surface area contributed by atoms with E-state index in [4.69, 9.17) is 10.2 Å². The minimum absolute atomic E-state index is 0.00948. The van der Waals surface area contributed by atoms with Gasteiger partial charge in [0.05, 0.1) is 5.69 Å². The molecule has 16 heavy (non-hydrogen) atoms. The average molecular weight is 216 g/mol. The Morgan fingerprint density at radius 1 is 1.12 bits per heavy atom. The first-order valence-corrected chi connectivity index (χ1v) is 5.29. The van der Waals surface area contributed by atoms with Crippen LogP contribution < -0.4 is 5.73 Å². The maximum atomic E-state index is 5.63. The molecule has 1 aromatic heterocycles. The lowest BCUT2D eigenvalue weighted by molar-refractivity contribution is 0.544. The molecule has 0 aliphatic rings. The molecule has 0 saturated carbocycles. The minimum atomic E-state index is 0.00948. The summed E-state index contributed by atoms with van der Waals surface area (Å²) in [5.41, 5.74) is 8.29. The van der Waals surface area contributed by atoms with E-state index in [2.05, 4.69) is 25.8 Å². The van der Waals surface area contributed by atoms with Gasteiger partial charge in [0.2, 0.25) is 5.89 Å². The van der Waals surface area contributed by atoms with E-state index in [-0.39, 0.29) is 5.41 Å². The molecule has 0 bridgehead atoms. The summed E-state index contributed by atoms with van der Waals surface area (Å²) in [7, 11) is 0. The monoisotopic (exact) mass is 216 g/mol. The number of nitrogen functional groups attached to an aromatic ring is 1. The molecule has 3 nitrogen and oxygen atoms in total. The van der Waals surface area contributed by atoms with Crippen LogP contribution in [0.1, 0.15) is 26.5 Å². The van der Waals surface area contributed by atoms with Crippen LogP contribution in [-0.2, 0) is 5.41 Å². The number of nitrogens with two attached hydrogens (primary N) is 1. The molecule has 2 N–H and O–H groups in total. The summed E-state index contributed by atoms with van der Waals surface area (Å²) in [4.78, 5) is 4.47. The number of anilines is 1. The Bertz CT molecular complexity index is 477. The van der Waals surface area contributed by atoms with E-state index in [1.54, 1.807) is 6.26 Å². The Balaban J connectivity index is 2.35. The van der Waals surface area contributed by atoms with Gasteiger partial charge in [-0.05, 0) is 24.3 Å². The molecule has 0 saturated heterocycles. The van der Waals surface area contributed by atoms with Gasteiger partial charge in [-0.1, -0.05) is 20.8 Å². The van der Waals surface area contributed by atoms with Crippen LogP contribution in [0.4, 0.5) is 5.69 Å². The predicted molar refractivity (Wildman–Crippen MR) is 65.1 cm³/mol.